The number of methoxy groups -OCH3 is 1. The van der Waals surface area contributed by atoms with Crippen LogP contribution in [0.4, 0.5) is 0 Å². The molecule has 0 heterocycles. The fraction of sp³-hybridized carbons (Fsp3) is 0.625. The Morgan fingerprint density at radius 1 is 1.22 bits per heavy atom. The summed E-state index contributed by atoms with van der Waals surface area (Å²) in [6, 6.07) is 11.1. The molecule has 0 spiro atoms. The molecule has 1 atom stereocenters. The molecule has 1 fully saturated rings. The monoisotopic (exact) mass is 247 g/mol. The van der Waals surface area contributed by atoms with Gasteiger partial charge in [-0.2, -0.15) is 0 Å². The lowest BCUT2D eigenvalue weighted by Crippen LogP contribution is -2.43. The average Bonchev–Trinajstić information content (AvgIpc) is 2.90. The van der Waals surface area contributed by atoms with Gasteiger partial charge in [0.2, 0.25) is 0 Å². The summed E-state index contributed by atoms with van der Waals surface area (Å²) in [5.41, 5.74) is 1.35. The molecule has 1 aliphatic carbocycles. The fourth-order valence-corrected chi connectivity index (χ4v) is 3.13. The maximum atomic E-state index is 5.95. The SMILES string of the molecule is CCCNC(c1ccccc1)C1(OC)CCCC1. The Kier molecular flexibility index (Phi) is 4.79. The molecule has 2 heteroatoms. The molecule has 1 aromatic rings. The van der Waals surface area contributed by atoms with Gasteiger partial charge in [0.25, 0.3) is 0 Å². The van der Waals surface area contributed by atoms with Crippen molar-refractivity contribution in [3.8, 4) is 0 Å². The molecule has 0 bridgehead atoms. The van der Waals surface area contributed by atoms with E-state index in [2.05, 4.69) is 42.6 Å². The summed E-state index contributed by atoms with van der Waals surface area (Å²) >= 11 is 0. The van der Waals surface area contributed by atoms with Gasteiger partial charge in [-0.05, 0) is 31.4 Å². The molecule has 1 saturated carbocycles. The average molecular weight is 247 g/mol. The highest BCUT2D eigenvalue weighted by molar-refractivity contribution is 5.23. The third kappa shape index (κ3) is 2.76. The van der Waals surface area contributed by atoms with Crippen LogP contribution in [0, 0.1) is 0 Å². The highest BCUT2D eigenvalue weighted by atomic mass is 16.5. The van der Waals surface area contributed by atoms with E-state index in [0.29, 0.717) is 6.04 Å². The Morgan fingerprint density at radius 3 is 2.44 bits per heavy atom. The Morgan fingerprint density at radius 2 is 1.89 bits per heavy atom. The first-order chi connectivity index (χ1) is 8.82. The Bertz CT molecular complexity index is 343. The minimum Gasteiger partial charge on any atom is -0.376 e. The first-order valence-corrected chi connectivity index (χ1v) is 7.16. The van der Waals surface area contributed by atoms with Crippen LogP contribution in [0.15, 0.2) is 30.3 Å². The smallest absolute Gasteiger partial charge is 0.0872 e. The van der Waals surface area contributed by atoms with Gasteiger partial charge in [-0.25, -0.2) is 0 Å². The zero-order chi connectivity index (χ0) is 12.8. The number of benzene rings is 1. The molecule has 0 saturated heterocycles. The predicted molar refractivity (Wildman–Crippen MR) is 75.7 cm³/mol. The summed E-state index contributed by atoms with van der Waals surface area (Å²) in [6.45, 7) is 3.26. The Balaban J connectivity index is 2.24. The van der Waals surface area contributed by atoms with E-state index in [-0.39, 0.29) is 5.60 Å². The van der Waals surface area contributed by atoms with Crippen LogP contribution < -0.4 is 5.32 Å². The largest absolute Gasteiger partial charge is 0.376 e. The van der Waals surface area contributed by atoms with Gasteiger partial charge in [0.1, 0.15) is 0 Å². The third-order valence-corrected chi connectivity index (χ3v) is 4.11. The van der Waals surface area contributed by atoms with Crippen molar-refractivity contribution >= 4 is 0 Å². The molecular formula is C16H25NO. The summed E-state index contributed by atoms with van der Waals surface area (Å²) in [4.78, 5) is 0. The van der Waals surface area contributed by atoms with Gasteiger partial charge >= 0.3 is 0 Å². The van der Waals surface area contributed by atoms with Crippen LogP contribution in [0.5, 0.6) is 0 Å². The summed E-state index contributed by atoms with van der Waals surface area (Å²) in [7, 11) is 1.87. The topological polar surface area (TPSA) is 21.3 Å². The van der Waals surface area contributed by atoms with E-state index in [4.69, 9.17) is 4.74 Å². The van der Waals surface area contributed by atoms with Crippen molar-refractivity contribution in [3.63, 3.8) is 0 Å². The third-order valence-electron chi connectivity index (χ3n) is 4.11. The van der Waals surface area contributed by atoms with Crippen molar-refractivity contribution in [2.75, 3.05) is 13.7 Å². The Hall–Kier alpha value is -0.860. The van der Waals surface area contributed by atoms with Crippen LogP contribution in [0.25, 0.3) is 0 Å². The van der Waals surface area contributed by atoms with Crippen LogP contribution in [0.3, 0.4) is 0 Å². The maximum Gasteiger partial charge on any atom is 0.0872 e. The quantitative estimate of drug-likeness (QED) is 0.828. The van der Waals surface area contributed by atoms with Gasteiger partial charge in [0.05, 0.1) is 11.6 Å². The first-order valence-electron chi connectivity index (χ1n) is 7.16. The van der Waals surface area contributed by atoms with E-state index in [1.165, 1.54) is 31.2 Å². The van der Waals surface area contributed by atoms with Crippen molar-refractivity contribution in [1.82, 2.24) is 5.32 Å². The predicted octanol–water partition coefficient (Wildman–Crippen LogP) is 3.69. The normalized spacial score (nSPS) is 19.9. The van der Waals surface area contributed by atoms with E-state index >= 15 is 0 Å². The zero-order valence-corrected chi connectivity index (χ0v) is 11.6. The maximum absolute atomic E-state index is 5.95. The molecule has 100 valence electrons. The molecule has 0 aliphatic heterocycles. The van der Waals surface area contributed by atoms with Gasteiger partial charge in [-0.1, -0.05) is 50.1 Å². The van der Waals surface area contributed by atoms with E-state index in [1.54, 1.807) is 0 Å². The molecule has 0 amide bonds. The van der Waals surface area contributed by atoms with Crippen LogP contribution in [0.1, 0.15) is 50.6 Å². The van der Waals surface area contributed by atoms with Crippen LogP contribution >= 0.6 is 0 Å². The molecule has 1 aromatic carbocycles. The van der Waals surface area contributed by atoms with Crippen LogP contribution in [-0.2, 0) is 4.74 Å². The molecular weight excluding hydrogens is 222 g/mol. The lowest BCUT2D eigenvalue weighted by atomic mass is 9.86. The summed E-state index contributed by atoms with van der Waals surface area (Å²) in [5, 5.41) is 3.69. The fourth-order valence-electron chi connectivity index (χ4n) is 3.13. The second-order valence-electron chi connectivity index (χ2n) is 5.27. The van der Waals surface area contributed by atoms with Crippen molar-refractivity contribution < 1.29 is 4.74 Å². The number of hydrogen-bond acceptors (Lipinski definition) is 2. The van der Waals surface area contributed by atoms with Crippen molar-refractivity contribution in [3.05, 3.63) is 35.9 Å². The lowest BCUT2D eigenvalue weighted by molar-refractivity contribution is -0.0367. The lowest BCUT2D eigenvalue weighted by Gasteiger charge is -2.37. The molecule has 2 nitrogen and oxygen atoms in total. The second kappa shape index (κ2) is 6.35. The number of rotatable bonds is 6. The van der Waals surface area contributed by atoms with Crippen molar-refractivity contribution in [2.45, 2.75) is 50.7 Å². The summed E-state index contributed by atoms with van der Waals surface area (Å²) < 4.78 is 5.95. The Labute approximate surface area is 111 Å². The van der Waals surface area contributed by atoms with E-state index in [1.807, 2.05) is 7.11 Å². The van der Waals surface area contributed by atoms with Gasteiger partial charge in [0, 0.05) is 7.11 Å². The van der Waals surface area contributed by atoms with Crippen LogP contribution in [0.2, 0.25) is 0 Å². The van der Waals surface area contributed by atoms with Gasteiger partial charge in [-0.15, -0.1) is 0 Å². The standard InChI is InChI=1S/C16H25NO/c1-3-13-17-15(14-9-5-4-6-10-14)16(18-2)11-7-8-12-16/h4-6,9-10,15,17H,3,7-8,11-13H2,1-2H3. The van der Waals surface area contributed by atoms with Gasteiger partial charge in [-0.3, -0.25) is 0 Å². The first kappa shape index (κ1) is 13.6. The van der Waals surface area contributed by atoms with E-state index < -0.39 is 0 Å². The second-order valence-corrected chi connectivity index (χ2v) is 5.27. The van der Waals surface area contributed by atoms with E-state index in [0.717, 1.165) is 13.0 Å². The van der Waals surface area contributed by atoms with Crippen LogP contribution in [-0.4, -0.2) is 19.3 Å². The molecule has 18 heavy (non-hydrogen) atoms. The number of ether oxygens (including phenoxy) is 1. The van der Waals surface area contributed by atoms with Gasteiger partial charge in [0.15, 0.2) is 0 Å². The molecule has 0 radical (unpaired) electrons. The number of hydrogen-bond donors (Lipinski definition) is 1. The van der Waals surface area contributed by atoms with Gasteiger partial charge < -0.3 is 10.1 Å². The minimum atomic E-state index is -0.00345. The minimum absolute atomic E-state index is 0.00345. The van der Waals surface area contributed by atoms with E-state index in [9.17, 15) is 0 Å². The summed E-state index contributed by atoms with van der Waals surface area (Å²) in [6.07, 6.45) is 6.05. The highest BCUT2D eigenvalue weighted by Gasteiger charge is 2.41. The highest BCUT2D eigenvalue weighted by Crippen LogP contribution is 2.42. The van der Waals surface area contributed by atoms with Crippen molar-refractivity contribution in [1.29, 1.82) is 0 Å². The molecule has 0 aromatic heterocycles. The van der Waals surface area contributed by atoms with Crippen molar-refractivity contribution in [2.24, 2.45) is 0 Å². The molecule has 1 unspecified atom stereocenters. The molecule has 2 rings (SSSR count). The summed E-state index contributed by atoms with van der Waals surface area (Å²) in [5.74, 6) is 0. The number of nitrogens with one attached hydrogen (secondary N) is 1. The zero-order valence-electron chi connectivity index (χ0n) is 11.6. The molecule has 1 N–H and O–H groups in total. The molecule has 1 aliphatic rings.